The summed E-state index contributed by atoms with van der Waals surface area (Å²) >= 11 is 0. The van der Waals surface area contributed by atoms with Gasteiger partial charge in [0.1, 0.15) is 5.82 Å². The summed E-state index contributed by atoms with van der Waals surface area (Å²) in [6.45, 7) is 29.8. The van der Waals surface area contributed by atoms with E-state index in [2.05, 4.69) is 310 Å². The number of para-hydroxylation sites is 3. The molecular weight excluding hydrogens is 1210 g/mol. The van der Waals surface area contributed by atoms with Crippen molar-refractivity contribution in [3.05, 3.63) is 247 Å². The number of rotatable bonds is 9. The molecular formula is C76H71N4OPtSi-3. The van der Waals surface area contributed by atoms with E-state index in [-0.39, 0.29) is 42.7 Å². The molecule has 0 amide bonds. The van der Waals surface area contributed by atoms with Gasteiger partial charge in [0.25, 0.3) is 0 Å². The average Bonchev–Trinajstić information content (AvgIpc) is 1.70. The summed E-state index contributed by atoms with van der Waals surface area (Å²) in [5.41, 5.74) is 15.8. The molecule has 0 fully saturated rings. The molecule has 0 radical (unpaired) electrons. The van der Waals surface area contributed by atoms with E-state index in [4.69, 9.17) is 9.72 Å². The maximum atomic E-state index is 7.24. The fourth-order valence-electron chi connectivity index (χ4n) is 12.6. The molecule has 0 spiro atoms. The third-order valence-electron chi connectivity index (χ3n) is 17.0. The molecule has 13 rings (SSSR count). The number of fused-ring (bicyclic) bond motifs is 1. The van der Waals surface area contributed by atoms with Gasteiger partial charge in [0.15, 0.2) is 8.07 Å². The molecule has 2 aliphatic heterocycles. The van der Waals surface area contributed by atoms with E-state index in [9.17, 15) is 0 Å². The molecule has 0 bridgehead atoms. The van der Waals surface area contributed by atoms with Crippen LogP contribution < -0.4 is 35.3 Å². The first-order chi connectivity index (χ1) is 39.2. The van der Waals surface area contributed by atoms with Crippen LogP contribution >= 0.6 is 0 Å². The summed E-state index contributed by atoms with van der Waals surface area (Å²) in [4.78, 5) is 9.76. The summed E-state index contributed by atoms with van der Waals surface area (Å²) < 4.78 is 9.55. The maximum absolute atomic E-state index is 7.24. The molecule has 7 heteroatoms. The Morgan fingerprint density at radius 3 is 1.64 bits per heavy atom. The van der Waals surface area contributed by atoms with Crippen molar-refractivity contribution >= 4 is 73.4 Å². The summed E-state index contributed by atoms with van der Waals surface area (Å²) in [5, 5.41) is 7.78. The second kappa shape index (κ2) is 20.5. The fraction of sp³-hybridized carbons (Fsp3) is 0.211. The Kier molecular flexibility index (Phi) is 13.8. The van der Waals surface area contributed by atoms with Gasteiger partial charge in [-0.15, -0.1) is 53.3 Å². The van der Waals surface area contributed by atoms with Gasteiger partial charge in [-0.05, 0) is 106 Å². The molecule has 0 saturated carbocycles. The number of ether oxygens (including phenoxy) is 1. The average molecular weight is 1280 g/mol. The van der Waals surface area contributed by atoms with Crippen molar-refractivity contribution in [3.63, 3.8) is 0 Å². The van der Waals surface area contributed by atoms with Crippen LogP contribution in [0.15, 0.2) is 206 Å². The van der Waals surface area contributed by atoms with Crippen LogP contribution in [-0.2, 0) is 42.7 Å². The van der Waals surface area contributed by atoms with Crippen LogP contribution in [0.4, 0.5) is 22.7 Å². The van der Waals surface area contributed by atoms with Gasteiger partial charge >= 0.3 is 0 Å². The molecule has 0 N–H and O–H groups in total. The number of aromatic nitrogens is 2. The molecule has 11 aromatic rings. The topological polar surface area (TPSA) is 33.5 Å². The van der Waals surface area contributed by atoms with Crippen LogP contribution in [0.5, 0.6) is 11.5 Å². The van der Waals surface area contributed by atoms with Gasteiger partial charge in [0, 0.05) is 72.5 Å². The Morgan fingerprint density at radius 2 is 1.00 bits per heavy atom. The van der Waals surface area contributed by atoms with Crippen LogP contribution in [-0.4, -0.2) is 17.6 Å². The Hall–Kier alpha value is -7.76. The van der Waals surface area contributed by atoms with Gasteiger partial charge in [-0.1, -0.05) is 234 Å². The molecule has 5 nitrogen and oxygen atoms in total. The van der Waals surface area contributed by atoms with E-state index in [1.54, 1.807) is 0 Å². The normalized spacial score (nSPS) is 13.9. The summed E-state index contributed by atoms with van der Waals surface area (Å²) in [6.07, 6.45) is 1.95. The minimum absolute atomic E-state index is 0. The van der Waals surface area contributed by atoms with Crippen LogP contribution in [0.2, 0.25) is 0 Å². The van der Waals surface area contributed by atoms with Gasteiger partial charge in [-0.25, -0.2) is 4.98 Å². The smallest absolute Gasteiger partial charge is 0.155 e. The van der Waals surface area contributed by atoms with Crippen molar-refractivity contribution in [1.29, 1.82) is 0 Å². The Balaban J connectivity index is 0.00000680. The second-order valence-electron chi connectivity index (χ2n) is 26.6. The van der Waals surface area contributed by atoms with E-state index in [0.717, 1.165) is 45.2 Å². The SMILES string of the molecule is CC(C)(C)c1cccc(-c2cccc(-c3cc(C(C)(C)C)cc(C(C)(C)C)c3)c2N2[CH-]N(c3[c-]c(Oc4[c-]c5c6c(c4)[Si](c4ccccc4)(c4ccccc4)c4cccc(c46)n5-c4cc(C(C)(C)C)ccn4)ccc3)c3ccccc32)c1.[Pt]. The first-order valence-electron chi connectivity index (χ1n) is 28.9. The van der Waals surface area contributed by atoms with E-state index >= 15 is 0 Å². The standard InChI is InChI=1S/C76H71N4OSi.Pt/c1-73(2,3)52-26-21-25-50(41-52)61-33-23-34-62(51-42-54(75(7,8)9)44-55(43-51)76(10,11)12)72(61)79-49-78(63-35-19-20-36-64(63)79)56-27-22-28-57(46-56)81-58-47-66-71-68(48-58)82(59-29-15-13-16-30-59,60-31-17-14-18-32-60)67-38-24-37-65(70(67)71)80(66)69-45-53(39-40-77-69)74(4,5)6;/h13-45,48-49H,1-12H3;/q-3;. The first kappa shape index (κ1) is 55.8. The van der Waals surface area contributed by atoms with Crippen molar-refractivity contribution in [3.8, 4) is 39.6 Å². The van der Waals surface area contributed by atoms with Crippen molar-refractivity contribution in [1.82, 2.24) is 9.55 Å². The fourth-order valence-corrected chi connectivity index (χ4v) is 17.8. The van der Waals surface area contributed by atoms with Crippen LogP contribution in [0, 0.1) is 18.8 Å². The zero-order valence-electron chi connectivity index (χ0n) is 49.7. The van der Waals surface area contributed by atoms with Crippen molar-refractivity contribution in [2.75, 3.05) is 9.80 Å². The second-order valence-corrected chi connectivity index (χ2v) is 30.4. The molecule has 0 unspecified atom stereocenters. The number of benzene rings is 9. The van der Waals surface area contributed by atoms with E-state index in [1.165, 1.54) is 70.5 Å². The minimum Gasteiger partial charge on any atom is -0.509 e. The molecule has 4 heterocycles. The van der Waals surface area contributed by atoms with E-state index in [0.29, 0.717) is 11.5 Å². The summed E-state index contributed by atoms with van der Waals surface area (Å²) in [6, 6.07) is 81.7. The van der Waals surface area contributed by atoms with Crippen LogP contribution in [0.3, 0.4) is 0 Å². The maximum Gasteiger partial charge on any atom is 0.155 e. The summed E-state index contributed by atoms with van der Waals surface area (Å²) in [7, 11) is -2.92. The molecule has 0 aliphatic carbocycles. The van der Waals surface area contributed by atoms with Gasteiger partial charge < -0.3 is 19.1 Å². The molecule has 9 aromatic carbocycles. The predicted molar refractivity (Wildman–Crippen MR) is 347 cm³/mol. The van der Waals surface area contributed by atoms with E-state index in [1.807, 2.05) is 12.3 Å². The third-order valence-corrected chi connectivity index (χ3v) is 21.8. The Bertz CT molecular complexity index is 4220. The number of anilines is 4. The molecule has 0 atom stereocenters. The molecule has 2 aliphatic rings. The van der Waals surface area contributed by atoms with Gasteiger partial charge in [0.2, 0.25) is 0 Å². The minimum atomic E-state index is -2.92. The molecule has 418 valence electrons. The van der Waals surface area contributed by atoms with Gasteiger partial charge in [-0.2, -0.15) is 6.07 Å². The zero-order chi connectivity index (χ0) is 57.1. The number of nitrogens with zero attached hydrogens (tertiary/aromatic N) is 4. The van der Waals surface area contributed by atoms with Crippen LogP contribution in [0.25, 0.3) is 49.9 Å². The number of pyridine rings is 1. The first-order valence-corrected chi connectivity index (χ1v) is 30.9. The predicted octanol–water partition coefficient (Wildman–Crippen LogP) is 17.2. The Labute approximate surface area is 506 Å². The van der Waals surface area contributed by atoms with Crippen LogP contribution in [0.1, 0.15) is 105 Å². The van der Waals surface area contributed by atoms with Gasteiger partial charge in [-0.3, -0.25) is 0 Å². The number of hydrogen-bond donors (Lipinski definition) is 0. The molecule has 0 saturated heterocycles. The molecule has 2 aromatic heterocycles. The zero-order valence-corrected chi connectivity index (χ0v) is 53.0. The van der Waals surface area contributed by atoms with Crippen molar-refractivity contribution in [2.45, 2.75) is 105 Å². The number of hydrogen-bond acceptors (Lipinski definition) is 4. The largest absolute Gasteiger partial charge is 0.509 e. The van der Waals surface area contributed by atoms with Gasteiger partial charge in [0.05, 0.1) is 0 Å². The monoisotopic (exact) mass is 1280 g/mol. The van der Waals surface area contributed by atoms with Crippen molar-refractivity contribution in [2.24, 2.45) is 0 Å². The Morgan fingerprint density at radius 1 is 0.446 bits per heavy atom. The van der Waals surface area contributed by atoms with E-state index < -0.39 is 8.07 Å². The third kappa shape index (κ3) is 9.57. The summed E-state index contributed by atoms with van der Waals surface area (Å²) in [5.74, 6) is 2.09. The van der Waals surface area contributed by atoms with Crippen molar-refractivity contribution < 1.29 is 25.8 Å². The molecule has 83 heavy (non-hydrogen) atoms. The quantitative estimate of drug-likeness (QED) is 0.107.